The molecule has 3 aromatic carbocycles. The van der Waals surface area contributed by atoms with Crippen LogP contribution in [0.15, 0.2) is 89.1 Å². The van der Waals surface area contributed by atoms with Crippen molar-refractivity contribution in [3.8, 4) is 28.6 Å². The Morgan fingerprint density at radius 2 is 1.74 bits per heavy atom. The number of aromatic nitrogens is 3. The Labute approximate surface area is 223 Å². The number of nitrogens with one attached hydrogen (secondary N) is 1. The van der Waals surface area contributed by atoms with Gasteiger partial charge in [-0.2, -0.15) is 5.10 Å². The van der Waals surface area contributed by atoms with Gasteiger partial charge in [-0.25, -0.2) is 10.2 Å². The van der Waals surface area contributed by atoms with E-state index in [0.717, 1.165) is 17.0 Å². The van der Waals surface area contributed by atoms with Crippen LogP contribution in [-0.2, 0) is 9.59 Å². The van der Waals surface area contributed by atoms with E-state index in [9.17, 15) is 9.59 Å². The predicted molar refractivity (Wildman–Crippen MR) is 144 cm³/mol. The minimum atomic E-state index is -1.09. The molecule has 0 bridgehead atoms. The smallest absolute Gasteiger partial charge is 0.341 e. The molecule has 38 heavy (non-hydrogen) atoms. The molecule has 0 unspecified atom stereocenters. The van der Waals surface area contributed by atoms with Crippen LogP contribution >= 0.6 is 11.8 Å². The van der Waals surface area contributed by atoms with Crippen LogP contribution in [0.1, 0.15) is 12.5 Å². The number of rotatable bonds is 12. The van der Waals surface area contributed by atoms with Crippen molar-refractivity contribution in [3.63, 3.8) is 0 Å². The largest absolute Gasteiger partial charge is 0.494 e. The quantitative estimate of drug-likeness (QED) is 0.159. The monoisotopic (exact) mass is 531 g/mol. The summed E-state index contributed by atoms with van der Waals surface area (Å²) in [5.41, 5.74) is 4.73. The van der Waals surface area contributed by atoms with E-state index < -0.39 is 12.6 Å². The van der Waals surface area contributed by atoms with Crippen LogP contribution in [0.25, 0.3) is 17.1 Å². The molecule has 4 aromatic rings. The second-order valence-corrected chi connectivity index (χ2v) is 8.68. The molecule has 0 aliphatic heterocycles. The third kappa shape index (κ3) is 6.98. The number of carboxylic acids is 1. The highest BCUT2D eigenvalue weighted by atomic mass is 32.2. The maximum atomic E-state index is 12.5. The highest BCUT2D eigenvalue weighted by molar-refractivity contribution is 7.99. The average molecular weight is 532 g/mol. The number of carboxylic acid groups (broad SMARTS) is 1. The number of thioether (sulfide) groups is 1. The minimum Gasteiger partial charge on any atom is -0.494 e. The number of ether oxygens (including phenoxy) is 2. The fraction of sp³-hybridized carbons (Fsp3) is 0.148. The van der Waals surface area contributed by atoms with Gasteiger partial charge in [-0.05, 0) is 43.3 Å². The molecule has 11 heteroatoms. The van der Waals surface area contributed by atoms with Crippen molar-refractivity contribution in [3.05, 3.63) is 84.4 Å². The van der Waals surface area contributed by atoms with Crippen molar-refractivity contribution in [2.75, 3.05) is 19.0 Å². The summed E-state index contributed by atoms with van der Waals surface area (Å²) < 4.78 is 12.7. The maximum absolute atomic E-state index is 12.5. The lowest BCUT2D eigenvalue weighted by Gasteiger charge is -2.11. The molecule has 0 spiro atoms. The summed E-state index contributed by atoms with van der Waals surface area (Å²) in [4.78, 5) is 23.3. The molecule has 1 heterocycles. The lowest BCUT2D eigenvalue weighted by atomic mass is 10.2. The Kier molecular flexibility index (Phi) is 9.08. The minimum absolute atomic E-state index is 0.0401. The van der Waals surface area contributed by atoms with Crippen LogP contribution in [0.2, 0.25) is 0 Å². The Hall–Kier alpha value is -4.64. The molecule has 0 saturated heterocycles. The van der Waals surface area contributed by atoms with E-state index in [0.29, 0.717) is 28.9 Å². The van der Waals surface area contributed by atoms with Crippen molar-refractivity contribution < 1.29 is 24.2 Å². The topological polar surface area (TPSA) is 128 Å². The fourth-order valence-corrected chi connectivity index (χ4v) is 4.17. The molecule has 0 aliphatic rings. The molecule has 0 radical (unpaired) electrons. The summed E-state index contributed by atoms with van der Waals surface area (Å²) in [6.45, 7) is 2.02. The van der Waals surface area contributed by atoms with Crippen molar-refractivity contribution in [2.45, 2.75) is 12.1 Å². The summed E-state index contributed by atoms with van der Waals surface area (Å²) in [6.07, 6.45) is 1.40. The van der Waals surface area contributed by atoms with Gasteiger partial charge in [-0.1, -0.05) is 54.2 Å². The Morgan fingerprint density at radius 1 is 1.00 bits per heavy atom. The first-order valence-corrected chi connectivity index (χ1v) is 12.7. The summed E-state index contributed by atoms with van der Waals surface area (Å²) in [5, 5.41) is 22.1. The molecule has 1 amide bonds. The van der Waals surface area contributed by atoms with Crippen molar-refractivity contribution in [2.24, 2.45) is 5.10 Å². The number of hydrogen-bond acceptors (Lipinski definition) is 8. The van der Waals surface area contributed by atoms with Crippen molar-refractivity contribution in [1.29, 1.82) is 0 Å². The van der Waals surface area contributed by atoms with Gasteiger partial charge in [0.2, 0.25) is 0 Å². The summed E-state index contributed by atoms with van der Waals surface area (Å²) in [5.74, 6) is 0.353. The molecule has 10 nitrogen and oxygen atoms in total. The maximum Gasteiger partial charge on any atom is 0.341 e. The van der Waals surface area contributed by atoms with Crippen molar-refractivity contribution >= 4 is 29.9 Å². The number of para-hydroxylation sites is 1. The summed E-state index contributed by atoms with van der Waals surface area (Å²) >= 11 is 1.22. The van der Waals surface area contributed by atoms with Gasteiger partial charge < -0.3 is 14.6 Å². The normalized spacial score (nSPS) is 10.9. The third-order valence-electron chi connectivity index (χ3n) is 5.07. The zero-order chi connectivity index (χ0) is 26.7. The van der Waals surface area contributed by atoms with Gasteiger partial charge in [0.25, 0.3) is 5.91 Å². The first kappa shape index (κ1) is 26.4. The molecular weight excluding hydrogens is 506 g/mol. The van der Waals surface area contributed by atoms with E-state index in [-0.39, 0.29) is 11.7 Å². The van der Waals surface area contributed by atoms with Gasteiger partial charge >= 0.3 is 5.97 Å². The van der Waals surface area contributed by atoms with Crippen LogP contribution in [0, 0.1) is 0 Å². The van der Waals surface area contributed by atoms with Crippen LogP contribution in [-0.4, -0.2) is 56.9 Å². The van der Waals surface area contributed by atoms with E-state index >= 15 is 0 Å². The van der Waals surface area contributed by atoms with Crippen LogP contribution in [0.4, 0.5) is 0 Å². The lowest BCUT2D eigenvalue weighted by molar-refractivity contribution is -0.139. The van der Waals surface area contributed by atoms with Gasteiger partial charge in [-0.3, -0.25) is 9.36 Å². The summed E-state index contributed by atoms with van der Waals surface area (Å²) in [7, 11) is 0. The Bertz CT molecular complexity index is 1410. The standard InChI is InChI=1S/C27H25N5O5S/c1-2-36-22-14-12-21(13-15-22)32-26(19-8-4-3-5-9-19)30-31-27(32)38-18-24(33)29-28-16-20-10-6-7-11-23(20)37-17-25(34)35/h3-16H,2,17-18H2,1H3,(H,29,33)(H,34,35). The molecule has 0 atom stereocenters. The lowest BCUT2D eigenvalue weighted by Crippen LogP contribution is -2.20. The molecule has 2 N–H and O–H groups in total. The fourth-order valence-electron chi connectivity index (χ4n) is 3.42. The molecular formula is C27H25N5O5S. The molecule has 0 aliphatic carbocycles. The number of carbonyl (C=O) groups excluding carboxylic acids is 1. The first-order valence-electron chi connectivity index (χ1n) is 11.7. The number of hydrazone groups is 1. The highest BCUT2D eigenvalue weighted by Gasteiger charge is 2.17. The highest BCUT2D eigenvalue weighted by Crippen LogP contribution is 2.28. The second kappa shape index (κ2) is 13.1. The summed E-state index contributed by atoms with van der Waals surface area (Å²) in [6, 6.07) is 24.1. The SMILES string of the molecule is CCOc1ccc(-n2c(SCC(=O)NN=Cc3ccccc3OCC(=O)O)nnc2-c2ccccc2)cc1. The molecule has 0 fully saturated rings. The zero-order valence-corrected chi connectivity index (χ0v) is 21.3. The van der Waals surface area contributed by atoms with Crippen LogP contribution in [0.3, 0.4) is 0 Å². The van der Waals surface area contributed by atoms with Gasteiger partial charge in [0.05, 0.1) is 18.6 Å². The molecule has 0 saturated carbocycles. The Morgan fingerprint density at radius 3 is 2.47 bits per heavy atom. The number of carbonyl (C=O) groups is 2. The number of benzene rings is 3. The van der Waals surface area contributed by atoms with E-state index in [1.54, 1.807) is 24.3 Å². The number of hydrogen-bond donors (Lipinski definition) is 2. The predicted octanol–water partition coefficient (Wildman–Crippen LogP) is 4.04. The van der Waals surface area contributed by atoms with Gasteiger partial charge in [0, 0.05) is 16.8 Å². The van der Waals surface area contributed by atoms with E-state index in [1.807, 2.05) is 66.1 Å². The third-order valence-corrected chi connectivity index (χ3v) is 6.00. The van der Waals surface area contributed by atoms with E-state index in [4.69, 9.17) is 14.6 Å². The second-order valence-electron chi connectivity index (χ2n) is 7.74. The number of amides is 1. The molecule has 1 aromatic heterocycles. The van der Waals surface area contributed by atoms with Gasteiger partial charge in [-0.15, -0.1) is 10.2 Å². The first-order chi connectivity index (χ1) is 18.5. The zero-order valence-electron chi connectivity index (χ0n) is 20.5. The Balaban J connectivity index is 1.46. The van der Waals surface area contributed by atoms with Gasteiger partial charge in [0.15, 0.2) is 17.6 Å². The van der Waals surface area contributed by atoms with Crippen LogP contribution < -0.4 is 14.9 Å². The number of nitrogens with zero attached hydrogens (tertiary/aromatic N) is 4. The number of aliphatic carboxylic acids is 1. The van der Waals surface area contributed by atoms with E-state index in [1.165, 1.54) is 18.0 Å². The average Bonchev–Trinajstić information content (AvgIpc) is 3.36. The van der Waals surface area contributed by atoms with Crippen molar-refractivity contribution in [1.82, 2.24) is 20.2 Å². The van der Waals surface area contributed by atoms with E-state index in [2.05, 4.69) is 20.7 Å². The van der Waals surface area contributed by atoms with Crippen LogP contribution in [0.5, 0.6) is 11.5 Å². The molecule has 4 rings (SSSR count). The molecule has 194 valence electrons. The van der Waals surface area contributed by atoms with Gasteiger partial charge in [0.1, 0.15) is 11.5 Å².